The topological polar surface area (TPSA) is 52.8 Å². The average Bonchev–Trinajstić information content (AvgIpc) is 2.88. The van der Waals surface area contributed by atoms with Crippen molar-refractivity contribution in [2.24, 2.45) is 0 Å². The van der Waals surface area contributed by atoms with E-state index in [0.29, 0.717) is 5.56 Å². The third-order valence-corrected chi connectivity index (χ3v) is 4.56. The zero-order chi connectivity index (χ0) is 15.6. The van der Waals surface area contributed by atoms with E-state index in [0.717, 1.165) is 53.6 Å². The van der Waals surface area contributed by atoms with E-state index in [1.54, 1.807) is 0 Å². The highest BCUT2D eigenvalue weighted by Gasteiger charge is 2.18. The third-order valence-electron chi connectivity index (χ3n) is 4.56. The first-order chi connectivity index (χ1) is 11.4. The molecule has 114 valence electrons. The molecule has 1 saturated heterocycles. The lowest BCUT2D eigenvalue weighted by Crippen LogP contribution is -2.26. The molecule has 1 aliphatic rings. The summed E-state index contributed by atoms with van der Waals surface area (Å²) in [7, 11) is 0. The molecule has 0 aliphatic carbocycles. The summed E-state index contributed by atoms with van der Waals surface area (Å²) in [5.74, 6) is 0.796. The molecular weight excluding hydrogens is 284 g/mol. The van der Waals surface area contributed by atoms with E-state index >= 15 is 0 Å². The number of aromatic nitrogens is 2. The van der Waals surface area contributed by atoms with Gasteiger partial charge in [0.25, 0.3) is 0 Å². The van der Waals surface area contributed by atoms with Crippen LogP contribution in [0.25, 0.3) is 21.8 Å². The van der Waals surface area contributed by atoms with Gasteiger partial charge in [0.1, 0.15) is 17.5 Å². The quantitative estimate of drug-likeness (QED) is 0.637. The van der Waals surface area contributed by atoms with Crippen molar-refractivity contribution >= 4 is 27.6 Å². The molecule has 2 aromatic heterocycles. The van der Waals surface area contributed by atoms with Crippen LogP contribution in [0.15, 0.2) is 36.5 Å². The van der Waals surface area contributed by atoms with Crippen molar-refractivity contribution in [2.75, 3.05) is 18.0 Å². The van der Waals surface area contributed by atoms with Crippen molar-refractivity contribution in [3.63, 3.8) is 0 Å². The Morgan fingerprint density at radius 2 is 1.78 bits per heavy atom. The molecule has 4 nitrogen and oxygen atoms in total. The Kier molecular flexibility index (Phi) is 3.55. The average molecular weight is 302 g/mol. The Labute approximate surface area is 135 Å². The number of rotatable bonds is 1. The van der Waals surface area contributed by atoms with Crippen LogP contribution >= 0.6 is 0 Å². The van der Waals surface area contributed by atoms with Gasteiger partial charge in [-0.25, -0.2) is 9.97 Å². The van der Waals surface area contributed by atoms with Gasteiger partial charge in [0.05, 0.1) is 11.0 Å². The summed E-state index contributed by atoms with van der Waals surface area (Å²) >= 11 is 0. The number of nitriles is 1. The van der Waals surface area contributed by atoms with Gasteiger partial charge in [-0.2, -0.15) is 5.26 Å². The Morgan fingerprint density at radius 3 is 2.57 bits per heavy atom. The molecule has 0 atom stereocenters. The smallest absolute Gasteiger partial charge is 0.148 e. The molecular formula is C19H18N4. The van der Waals surface area contributed by atoms with Crippen molar-refractivity contribution in [3.05, 3.63) is 42.1 Å². The second-order valence-electron chi connectivity index (χ2n) is 6.09. The Morgan fingerprint density at radius 1 is 1.00 bits per heavy atom. The molecule has 0 unspecified atom stereocenters. The highest BCUT2D eigenvalue weighted by Crippen LogP contribution is 2.28. The van der Waals surface area contributed by atoms with Crippen LogP contribution in [0, 0.1) is 11.3 Å². The number of anilines is 1. The van der Waals surface area contributed by atoms with Crippen molar-refractivity contribution in [1.29, 1.82) is 5.26 Å². The molecule has 1 aliphatic heterocycles. The van der Waals surface area contributed by atoms with Gasteiger partial charge in [0, 0.05) is 30.1 Å². The lowest BCUT2D eigenvalue weighted by molar-refractivity contribution is 0.726. The van der Waals surface area contributed by atoms with Gasteiger partial charge in [-0.15, -0.1) is 0 Å². The fourth-order valence-electron chi connectivity index (χ4n) is 3.36. The van der Waals surface area contributed by atoms with Crippen LogP contribution in [0.5, 0.6) is 0 Å². The molecule has 0 N–H and O–H groups in total. The monoisotopic (exact) mass is 302 g/mol. The molecule has 0 saturated carbocycles. The van der Waals surface area contributed by atoms with Gasteiger partial charge in [-0.05, 0) is 25.0 Å². The van der Waals surface area contributed by atoms with Gasteiger partial charge in [-0.1, -0.05) is 31.0 Å². The number of fused-ring (bicyclic) bond motifs is 2. The van der Waals surface area contributed by atoms with Crippen LogP contribution < -0.4 is 4.90 Å². The van der Waals surface area contributed by atoms with Crippen molar-refractivity contribution < 1.29 is 0 Å². The largest absolute Gasteiger partial charge is 0.355 e. The molecule has 0 bridgehead atoms. The van der Waals surface area contributed by atoms with E-state index in [1.165, 1.54) is 12.8 Å². The van der Waals surface area contributed by atoms with Crippen LogP contribution in [-0.4, -0.2) is 23.1 Å². The van der Waals surface area contributed by atoms with E-state index in [-0.39, 0.29) is 0 Å². The summed E-state index contributed by atoms with van der Waals surface area (Å²) in [6.07, 6.45) is 6.70. The lowest BCUT2D eigenvalue weighted by Gasteiger charge is -2.22. The SMILES string of the molecule is N#Cc1c(N2CCCCCC2)ncc2cc3ccccc3nc12. The fraction of sp³-hybridized carbons (Fsp3) is 0.316. The zero-order valence-corrected chi connectivity index (χ0v) is 13.0. The molecule has 1 aromatic carbocycles. The molecule has 3 aromatic rings. The van der Waals surface area contributed by atoms with Gasteiger partial charge < -0.3 is 4.90 Å². The highest BCUT2D eigenvalue weighted by molar-refractivity contribution is 5.96. The van der Waals surface area contributed by atoms with Crippen molar-refractivity contribution in [1.82, 2.24) is 9.97 Å². The second kappa shape index (κ2) is 5.85. The minimum atomic E-state index is 0.607. The number of para-hydroxylation sites is 1. The minimum absolute atomic E-state index is 0.607. The van der Waals surface area contributed by atoms with Gasteiger partial charge in [0.15, 0.2) is 0 Å². The fourth-order valence-corrected chi connectivity index (χ4v) is 3.36. The number of pyridine rings is 2. The van der Waals surface area contributed by atoms with Gasteiger partial charge in [0.2, 0.25) is 0 Å². The van der Waals surface area contributed by atoms with Crippen LogP contribution in [0.2, 0.25) is 0 Å². The third kappa shape index (κ3) is 2.49. The Bertz CT molecular complexity index is 902. The molecule has 4 heteroatoms. The maximum Gasteiger partial charge on any atom is 0.148 e. The van der Waals surface area contributed by atoms with E-state index in [9.17, 15) is 5.26 Å². The number of hydrogen-bond acceptors (Lipinski definition) is 4. The number of nitrogens with zero attached hydrogens (tertiary/aromatic N) is 4. The van der Waals surface area contributed by atoms with E-state index in [4.69, 9.17) is 4.98 Å². The molecule has 0 radical (unpaired) electrons. The van der Waals surface area contributed by atoms with E-state index in [1.807, 2.05) is 30.5 Å². The molecule has 23 heavy (non-hydrogen) atoms. The minimum Gasteiger partial charge on any atom is -0.355 e. The Hall–Kier alpha value is -2.67. The highest BCUT2D eigenvalue weighted by atomic mass is 15.2. The molecule has 0 amide bonds. The van der Waals surface area contributed by atoms with Crippen LogP contribution in [0.4, 0.5) is 5.82 Å². The van der Waals surface area contributed by atoms with E-state index < -0.39 is 0 Å². The standard InChI is InChI=1S/C19H18N4/c20-12-16-18-15(11-14-7-3-4-8-17(14)22-18)13-21-19(16)23-9-5-1-2-6-10-23/h3-4,7-8,11,13H,1-2,5-6,9-10H2. The van der Waals surface area contributed by atoms with Gasteiger partial charge in [-0.3, -0.25) is 0 Å². The normalized spacial score (nSPS) is 15.5. The van der Waals surface area contributed by atoms with Crippen LogP contribution in [0.1, 0.15) is 31.2 Å². The lowest BCUT2D eigenvalue weighted by atomic mass is 10.1. The predicted molar refractivity (Wildman–Crippen MR) is 92.4 cm³/mol. The number of benzene rings is 1. The summed E-state index contributed by atoms with van der Waals surface area (Å²) in [6.45, 7) is 1.95. The first-order valence-corrected chi connectivity index (χ1v) is 8.20. The molecule has 4 rings (SSSR count). The number of hydrogen-bond donors (Lipinski definition) is 0. The predicted octanol–water partition coefficient (Wildman–Crippen LogP) is 4.04. The van der Waals surface area contributed by atoms with Gasteiger partial charge >= 0.3 is 0 Å². The first-order valence-electron chi connectivity index (χ1n) is 8.20. The summed E-state index contributed by atoms with van der Waals surface area (Å²) < 4.78 is 0. The second-order valence-corrected chi connectivity index (χ2v) is 6.09. The van der Waals surface area contributed by atoms with Crippen molar-refractivity contribution in [3.8, 4) is 6.07 Å². The molecule has 0 spiro atoms. The van der Waals surface area contributed by atoms with Crippen LogP contribution in [-0.2, 0) is 0 Å². The van der Waals surface area contributed by atoms with E-state index in [2.05, 4.69) is 22.0 Å². The zero-order valence-electron chi connectivity index (χ0n) is 13.0. The van der Waals surface area contributed by atoms with Crippen LogP contribution in [0.3, 0.4) is 0 Å². The first kappa shape index (κ1) is 14.0. The Balaban J connectivity index is 1.92. The summed E-state index contributed by atoms with van der Waals surface area (Å²) in [6, 6.07) is 12.4. The summed E-state index contributed by atoms with van der Waals surface area (Å²) in [4.78, 5) is 11.6. The molecule has 1 fully saturated rings. The maximum absolute atomic E-state index is 9.73. The maximum atomic E-state index is 9.73. The summed E-state index contributed by atoms with van der Waals surface area (Å²) in [5, 5.41) is 11.7. The molecule has 3 heterocycles. The van der Waals surface area contributed by atoms with Crippen molar-refractivity contribution in [2.45, 2.75) is 25.7 Å². The summed E-state index contributed by atoms with van der Waals surface area (Å²) in [5.41, 5.74) is 2.29.